The third kappa shape index (κ3) is 6.09. The minimum Gasteiger partial charge on any atom is -0.494 e. The number of rotatable bonds is 10. The molecule has 0 radical (unpaired) electrons. The molecule has 4 aliphatic rings. The van der Waals surface area contributed by atoms with Crippen LogP contribution >= 0.6 is 0 Å². The van der Waals surface area contributed by atoms with Crippen molar-refractivity contribution >= 4 is 35.2 Å². The lowest BCUT2D eigenvalue weighted by atomic mass is 9.77. The summed E-state index contributed by atoms with van der Waals surface area (Å²) in [6.07, 6.45) is 5.66. The number of hydrogen-bond acceptors (Lipinski definition) is 9. The van der Waals surface area contributed by atoms with Crippen molar-refractivity contribution in [2.24, 2.45) is 21.4 Å². The maximum atomic E-state index is 14.3. The molecule has 11 heteroatoms. The second kappa shape index (κ2) is 13.7. The first kappa shape index (κ1) is 32.2. The highest BCUT2D eigenvalue weighted by molar-refractivity contribution is 6.25. The van der Waals surface area contributed by atoms with Crippen LogP contribution in [0.5, 0.6) is 11.5 Å². The highest BCUT2D eigenvalue weighted by Gasteiger charge is 2.55. The first-order valence-electron chi connectivity index (χ1n) is 17.1. The molecule has 3 amide bonds. The fraction of sp³-hybridized carbons (Fsp3) is 0.368. The third-order valence-corrected chi connectivity index (χ3v) is 9.58. The van der Waals surface area contributed by atoms with E-state index in [0.29, 0.717) is 18.9 Å². The van der Waals surface area contributed by atoms with Crippen molar-refractivity contribution in [3.63, 3.8) is 0 Å². The van der Waals surface area contributed by atoms with Crippen LogP contribution in [0.4, 0.5) is 5.69 Å². The number of anilines is 1. The third-order valence-electron chi connectivity index (χ3n) is 9.58. The van der Waals surface area contributed by atoms with Gasteiger partial charge in [-0.15, -0.1) is 0 Å². The molecule has 49 heavy (non-hydrogen) atoms. The van der Waals surface area contributed by atoms with Crippen LogP contribution in [-0.4, -0.2) is 65.3 Å². The Labute approximate surface area is 285 Å². The minimum absolute atomic E-state index is 0.0196. The van der Waals surface area contributed by atoms with Crippen LogP contribution in [0.3, 0.4) is 0 Å². The Morgan fingerprint density at radius 2 is 1.53 bits per heavy atom. The monoisotopic (exact) mass is 660 g/mol. The quantitative estimate of drug-likeness (QED) is 0.241. The van der Waals surface area contributed by atoms with Gasteiger partial charge >= 0.3 is 0 Å². The van der Waals surface area contributed by atoms with Crippen molar-refractivity contribution in [1.29, 1.82) is 0 Å². The molecule has 0 unspecified atom stereocenters. The van der Waals surface area contributed by atoms with E-state index < -0.39 is 23.9 Å². The van der Waals surface area contributed by atoms with Crippen molar-refractivity contribution in [2.45, 2.75) is 64.6 Å². The Balaban J connectivity index is 1.17. The lowest BCUT2D eigenvalue weighted by molar-refractivity contribution is -0.136. The molecule has 2 fully saturated rings. The molecule has 3 heterocycles. The lowest BCUT2D eigenvalue weighted by Crippen LogP contribution is -2.45. The number of imide groups is 1. The molecule has 7 rings (SSSR count). The molecule has 0 aromatic heterocycles. The molecule has 0 N–H and O–H groups in total. The predicted molar refractivity (Wildman–Crippen MR) is 185 cm³/mol. The number of hydrogen-bond donors (Lipinski definition) is 0. The molecule has 11 nitrogen and oxygen atoms in total. The summed E-state index contributed by atoms with van der Waals surface area (Å²) in [5, 5.41) is 16.2. The molecule has 3 aromatic carbocycles. The average Bonchev–Trinajstić information content (AvgIpc) is 3.79. The van der Waals surface area contributed by atoms with Crippen LogP contribution in [0, 0.1) is 5.92 Å². The van der Waals surface area contributed by atoms with Crippen LogP contribution in [-0.2, 0) is 20.8 Å². The van der Waals surface area contributed by atoms with E-state index in [1.54, 1.807) is 17.1 Å². The number of carbonyl (C=O) groups is 3. The molecule has 252 valence electrons. The smallest absolute Gasteiger partial charge is 0.264 e. The zero-order valence-corrected chi connectivity index (χ0v) is 28.0. The fourth-order valence-corrected chi connectivity index (χ4v) is 7.20. The summed E-state index contributed by atoms with van der Waals surface area (Å²) < 4.78 is 11.3. The van der Waals surface area contributed by atoms with E-state index in [1.165, 1.54) is 5.01 Å². The number of allylic oxidation sites excluding steroid dienone is 1. The largest absolute Gasteiger partial charge is 0.494 e. The van der Waals surface area contributed by atoms with E-state index in [-0.39, 0.29) is 24.4 Å². The van der Waals surface area contributed by atoms with Crippen LogP contribution in [0.15, 0.2) is 93.8 Å². The number of aryl methyl sites for hydroxylation is 1. The number of amides is 3. The first-order chi connectivity index (χ1) is 23.9. The van der Waals surface area contributed by atoms with Gasteiger partial charge in [0.1, 0.15) is 18.0 Å². The average molecular weight is 661 g/mol. The predicted octanol–water partition coefficient (Wildman–Crippen LogP) is 6.16. The zero-order valence-electron chi connectivity index (χ0n) is 28.0. The summed E-state index contributed by atoms with van der Waals surface area (Å²) in [5.41, 5.74) is 5.54. The summed E-state index contributed by atoms with van der Waals surface area (Å²) in [5.74, 6) is 0.340. The number of benzene rings is 3. The van der Waals surface area contributed by atoms with Gasteiger partial charge in [0.2, 0.25) is 0 Å². The summed E-state index contributed by atoms with van der Waals surface area (Å²) in [6, 6.07) is 20.8. The van der Waals surface area contributed by atoms with Gasteiger partial charge in [-0.3, -0.25) is 19.4 Å². The van der Waals surface area contributed by atoms with Gasteiger partial charge in [-0.25, -0.2) is 9.91 Å². The zero-order chi connectivity index (χ0) is 34.1. The Morgan fingerprint density at radius 3 is 2.18 bits per heavy atom. The van der Waals surface area contributed by atoms with Crippen molar-refractivity contribution in [3.8, 4) is 11.5 Å². The number of ether oxygens (including phenoxy) is 2. The molecule has 4 atom stereocenters. The minimum atomic E-state index is -0.996. The summed E-state index contributed by atoms with van der Waals surface area (Å²) >= 11 is 0. The number of carbonyl (C=O) groups excluding carboxylic acids is 3. The molecular formula is C38H40N6O5. The van der Waals surface area contributed by atoms with Crippen LogP contribution < -0.4 is 14.4 Å². The molecule has 1 aliphatic carbocycles. The van der Waals surface area contributed by atoms with Gasteiger partial charge in [0.05, 0.1) is 30.7 Å². The molecule has 0 spiro atoms. The van der Waals surface area contributed by atoms with Gasteiger partial charge in [-0.1, -0.05) is 48.5 Å². The molecule has 1 saturated carbocycles. The van der Waals surface area contributed by atoms with Gasteiger partial charge in [-0.2, -0.15) is 10.2 Å². The van der Waals surface area contributed by atoms with Crippen molar-refractivity contribution in [3.05, 3.63) is 95.1 Å². The highest BCUT2D eigenvalue weighted by atomic mass is 16.5. The van der Waals surface area contributed by atoms with E-state index in [2.05, 4.69) is 16.4 Å². The second-order valence-electron chi connectivity index (χ2n) is 12.6. The fourth-order valence-electron chi connectivity index (χ4n) is 7.20. The van der Waals surface area contributed by atoms with E-state index in [9.17, 15) is 14.4 Å². The van der Waals surface area contributed by atoms with Gasteiger partial charge in [0, 0.05) is 5.92 Å². The number of hydrazone groups is 1. The molecular weight excluding hydrogens is 620 g/mol. The number of fused-ring (bicyclic) bond motifs is 2. The molecule has 1 saturated heterocycles. The standard InChI is InChI=1S/C38H40N6O5/c1-4-24-10-16-28(17-11-24)43-37(46)34-36(38(43)47)42(41-39-34)23-32(45)44-35(26-14-20-30(21-15-26)49-6-3)31-9-7-8-27(33(31)40-44)22-25-12-18-29(19-13-25)48-5-2/h10-22,31,34-36H,4-9,23H2,1-3H3/b27-22+/t31-,34+,35+,36+/m1/s1. The molecule has 0 bridgehead atoms. The number of nitrogens with zero attached hydrogens (tertiary/aromatic N) is 6. The highest BCUT2D eigenvalue weighted by Crippen LogP contribution is 2.45. The van der Waals surface area contributed by atoms with E-state index in [1.807, 2.05) is 81.4 Å². The Kier molecular flexibility index (Phi) is 8.99. The van der Waals surface area contributed by atoms with E-state index in [4.69, 9.17) is 14.6 Å². The van der Waals surface area contributed by atoms with Gasteiger partial charge in [0.15, 0.2) is 12.1 Å². The van der Waals surface area contributed by atoms with E-state index in [0.717, 1.165) is 70.1 Å². The van der Waals surface area contributed by atoms with Crippen molar-refractivity contribution < 1.29 is 23.9 Å². The topological polar surface area (TPSA) is 116 Å². The normalized spacial score (nSPS) is 23.6. The Hall–Kier alpha value is -5.32. The maximum Gasteiger partial charge on any atom is 0.264 e. The molecule has 3 aliphatic heterocycles. The van der Waals surface area contributed by atoms with Crippen molar-refractivity contribution in [1.82, 2.24) is 10.0 Å². The molecule has 3 aromatic rings. The first-order valence-corrected chi connectivity index (χ1v) is 17.1. The van der Waals surface area contributed by atoms with Gasteiger partial charge in [0.25, 0.3) is 17.7 Å². The summed E-state index contributed by atoms with van der Waals surface area (Å²) in [7, 11) is 0. The van der Waals surface area contributed by atoms with Crippen LogP contribution in [0.25, 0.3) is 6.08 Å². The van der Waals surface area contributed by atoms with Gasteiger partial charge < -0.3 is 9.47 Å². The van der Waals surface area contributed by atoms with Crippen LogP contribution in [0.2, 0.25) is 0 Å². The second-order valence-corrected chi connectivity index (χ2v) is 12.6. The Morgan fingerprint density at radius 1 is 0.857 bits per heavy atom. The maximum absolute atomic E-state index is 14.3. The van der Waals surface area contributed by atoms with E-state index >= 15 is 0 Å². The summed E-state index contributed by atoms with van der Waals surface area (Å²) in [6.45, 7) is 6.85. The SMILES string of the molecule is CCOc1ccc(/C=C2\CCC[C@@H]3C2=NN(C(=O)CN2N=N[C@@H]4C(=O)N(c5ccc(CC)cc5)C(=O)[C@H]42)[C@H]3c2ccc(OCC)cc2)cc1. The summed E-state index contributed by atoms with van der Waals surface area (Å²) in [4.78, 5) is 42.5. The van der Waals surface area contributed by atoms with Crippen molar-refractivity contribution in [2.75, 3.05) is 24.7 Å². The Bertz CT molecular complexity index is 1820. The van der Waals surface area contributed by atoms with Crippen LogP contribution in [0.1, 0.15) is 62.8 Å². The lowest BCUT2D eigenvalue weighted by Gasteiger charge is -2.30. The van der Waals surface area contributed by atoms with Gasteiger partial charge in [-0.05, 0) is 104 Å².